The molecule has 20 heavy (non-hydrogen) atoms. The Balaban J connectivity index is 2.13. The van der Waals surface area contributed by atoms with Gasteiger partial charge in [-0.3, -0.25) is 0 Å². The molecule has 1 heterocycles. The van der Waals surface area contributed by atoms with Crippen LogP contribution in [0, 0.1) is 18.8 Å². The SMILES string of the molecule is Cc1oc(CO)cc1S(=O)(=O)NC1CCC(C)C(C)C1. The standard InChI is InChI=1S/C14H23NO4S/c1-9-4-5-12(6-10(9)2)15-20(17,18)14-7-13(8-16)19-11(14)3/h7,9-10,12,15-16H,4-6,8H2,1-3H3. The number of sulfonamides is 1. The summed E-state index contributed by atoms with van der Waals surface area (Å²) < 4.78 is 32.8. The maximum atomic E-state index is 12.4. The fourth-order valence-electron chi connectivity index (χ4n) is 2.81. The zero-order valence-electron chi connectivity index (χ0n) is 12.2. The van der Waals surface area contributed by atoms with Crippen LogP contribution in [0.4, 0.5) is 0 Å². The highest BCUT2D eigenvalue weighted by atomic mass is 32.2. The van der Waals surface area contributed by atoms with E-state index in [1.165, 1.54) is 6.07 Å². The van der Waals surface area contributed by atoms with Gasteiger partial charge in [0.1, 0.15) is 23.0 Å². The van der Waals surface area contributed by atoms with Crippen LogP contribution >= 0.6 is 0 Å². The van der Waals surface area contributed by atoms with Gasteiger partial charge in [0.2, 0.25) is 10.0 Å². The normalized spacial score (nSPS) is 27.7. The first kappa shape index (κ1) is 15.5. The summed E-state index contributed by atoms with van der Waals surface area (Å²) >= 11 is 0. The van der Waals surface area contributed by atoms with Crippen molar-refractivity contribution in [1.82, 2.24) is 4.72 Å². The lowest BCUT2D eigenvalue weighted by Crippen LogP contribution is -2.39. The zero-order chi connectivity index (χ0) is 14.9. The van der Waals surface area contributed by atoms with Crippen molar-refractivity contribution in [2.75, 3.05) is 0 Å². The largest absolute Gasteiger partial charge is 0.462 e. The quantitative estimate of drug-likeness (QED) is 0.893. The van der Waals surface area contributed by atoms with E-state index in [1.807, 2.05) is 0 Å². The van der Waals surface area contributed by atoms with Crippen molar-refractivity contribution < 1.29 is 17.9 Å². The molecule has 1 aliphatic rings. The van der Waals surface area contributed by atoms with Crippen LogP contribution in [0.25, 0.3) is 0 Å². The molecule has 1 saturated carbocycles. The number of hydrogen-bond donors (Lipinski definition) is 2. The van der Waals surface area contributed by atoms with Gasteiger partial charge in [-0.05, 0) is 38.0 Å². The number of hydrogen-bond acceptors (Lipinski definition) is 4. The van der Waals surface area contributed by atoms with Gasteiger partial charge in [-0.2, -0.15) is 0 Å². The third-order valence-electron chi connectivity index (χ3n) is 4.29. The molecule has 0 bridgehead atoms. The van der Waals surface area contributed by atoms with Gasteiger partial charge in [0.15, 0.2) is 0 Å². The zero-order valence-corrected chi connectivity index (χ0v) is 13.0. The van der Waals surface area contributed by atoms with Crippen molar-refractivity contribution in [1.29, 1.82) is 0 Å². The second kappa shape index (κ2) is 5.87. The molecule has 0 spiro atoms. The summed E-state index contributed by atoms with van der Waals surface area (Å²) in [4.78, 5) is 0.132. The summed E-state index contributed by atoms with van der Waals surface area (Å²) in [5, 5.41) is 9.02. The predicted octanol–water partition coefficient (Wildman–Crippen LogP) is 2.18. The Bertz CT molecular complexity index is 564. The summed E-state index contributed by atoms with van der Waals surface area (Å²) in [5.74, 6) is 1.76. The van der Waals surface area contributed by atoms with Gasteiger partial charge >= 0.3 is 0 Å². The molecular formula is C14H23NO4S. The van der Waals surface area contributed by atoms with Crippen LogP contribution in [0.15, 0.2) is 15.4 Å². The average Bonchev–Trinajstić information content (AvgIpc) is 2.76. The Hall–Kier alpha value is -0.850. The van der Waals surface area contributed by atoms with Crippen LogP contribution in [0.5, 0.6) is 0 Å². The highest BCUT2D eigenvalue weighted by molar-refractivity contribution is 7.89. The molecule has 2 N–H and O–H groups in total. The molecule has 1 aromatic heterocycles. The van der Waals surface area contributed by atoms with E-state index in [4.69, 9.17) is 9.52 Å². The second-order valence-electron chi connectivity index (χ2n) is 5.88. The second-order valence-corrected chi connectivity index (χ2v) is 7.56. The molecule has 6 heteroatoms. The molecule has 1 aliphatic carbocycles. The minimum atomic E-state index is -3.58. The first-order valence-electron chi connectivity index (χ1n) is 7.06. The summed E-state index contributed by atoms with van der Waals surface area (Å²) in [7, 11) is -3.58. The third-order valence-corrected chi connectivity index (χ3v) is 5.92. The Morgan fingerprint density at radius 2 is 2.05 bits per heavy atom. The van der Waals surface area contributed by atoms with Crippen LogP contribution in [-0.2, 0) is 16.6 Å². The molecule has 5 nitrogen and oxygen atoms in total. The van der Waals surface area contributed by atoms with Crippen LogP contribution in [0.2, 0.25) is 0 Å². The summed E-state index contributed by atoms with van der Waals surface area (Å²) in [6.45, 7) is 5.68. The number of aliphatic hydroxyl groups is 1. The van der Waals surface area contributed by atoms with E-state index < -0.39 is 10.0 Å². The summed E-state index contributed by atoms with van der Waals surface area (Å²) in [6.07, 6.45) is 2.78. The molecule has 114 valence electrons. The van der Waals surface area contributed by atoms with Crippen molar-refractivity contribution in [2.24, 2.45) is 11.8 Å². The van der Waals surface area contributed by atoms with Crippen LogP contribution in [0.1, 0.15) is 44.6 Å². The van der Waals surface area contributed by atoms with Gasteiger partial charge in [0.05, 0.1) is 0 Å². The third kappa shape index (κ3) is 3.24. The maximum absolute atomic E-state index is 12.4. The van der Waals surface area contributed by atoms with Gasteiger partial charge in [-0.25, -0.2) is 13.1 Å². The Kier molecular flexibility index (Phi) is 4.56. The lowest BCUT2D eigenvalue weighted by molar-refractivity contribution is 0.241. The van der Waals surface area contributed by atoms with Gasteiger partial charge in [-0.1, -0.05) is 13.8 Å². The molecule has 0 aromatic carbocycles. The average molecular weight is 301 g/mol. The fourth-order valence-corrected chi connectivity index (χ4v) is 4.29. The fraction of sp³-hybridized carbons (Fsp3) is 0.714. The van der Waals surface area contributed by atoms with E-state index in [2.05, 4.69) is 18.6 Å². The Labute approximate surface area is 120 Å². The van der Waals surface area contributed by atoms with E-state index in [0.717, 1.165) is 19.3 Å². The van der Waals surface area contributed by atoms with Crippen molar-refractivity contribution in [3.05, 3.63) is 17.6 Å². The van der Waals surface area contributed by atoms with Crippen LogP contribution in [0.3, 0.4) is 0 Å². The molecule has 0 saturated heterocycles. The van der Waals surface area contributed by atoms with E-state index in [-0.39, 0.29) is 23.3 Å². The van der Waals surface area contributed by atoms with E-state index in [1.54, 1.807) is 6.92 Å². The maximum Gasteiger partial charge on any atom is 0.244 e. The lowest BCUT2D eigenvalue weighted by atomic mass is 9.79. The smallest absolute Gasteiger partial charge is 0.244 e. The van der Waals surface area contributed by atoms with E-state index in [0.29, 0.717) is 17.6 Å². The van der Waals surface area contributed by atoms with E-state index >= 15 is 0 Å². The molecule has 2 rings (SSSR count). The Morgan fingerprint density at radius 1 is 1.35 bits per heavy atom. The monoisotopic (exact) mass is 301 g/mol. The first-order chi connectivity index (χ1) is 9.33. The lowest BCUT2D eigenvalue weighted by Gasteiger charge is -2.32. The number of furan rings is 1. The van der Waals surface area contributed by atoms with Crippen LogP contribution < -0.4 is 4.72 Å². The molecule has 1 fully saturated rings. The number of aliphatic hydroxyl groups excluding tert-OH is 1. The van der Waals surface area contributed by atoms with Crippen molar-refractivity contribution in [3.63, 3.8) is 0 Å². The Morgan fingerprint density at radius 3 is 2.60 bits per heavy atom. The molecule has 3 unspecified atom stereocenters. The highest BCUT2D eigenvalue weighted by Gasteiger charge is 2.29. The highest BCUT2D eigenvalue weighted by Crippen LogP contribution is 2.30. The number of nitrogens with one attached hydrogen (secondary N) is 1. The minimum Gasteiger partial charge on any atom is -0.462 e. The van der Waals surface area contributed by atoms with Gasteiger partial charge in [0.25, 0.3) is 0 Å². The van der Waals surface area contributed by atoms with Gasteiger partial charge in [-0.15, -0.1) is 0 Å². The molecule has 3 atom stereocenters. The summed E-state index contributed by atoms with van der Waals surface area (Å²) in [6, 6.07) is 1.38. The van der Waals surface area contributed by atoms with Crippen molar-refractivity contribution in [3.8, 4) is 0 Å². The number of rotatable bonds is 4. The van der Waals surface area contributed by atoms with Gasteiger partial charge < -0.3 is 9.52 Å². The predicted molar refractivity (Wildman–Crippen MR) is 75.7 cm³/mol. The van der Waals surface area contributed by atoms with Crippen LogP contribution in [-0.4, -0.2) is 19.6 Å². The molecule has 0 amide bonds. The first-order valence-corrected chi connectivity index (χ1v) is 8.54. The number of aryl methyl sites for hydroxylation is 1. The molecule has 0 aliphatic heterocycles. The molecular weight excluding hydrogens is 278 g/mol. The molecule has 1 aromatic rings. The van der Waals surface area contributed by atoms with Crippen molar-refractivity contribution >= 4 is 10.0 Å². The van der Waals surface area contributed by atoms with E-state index in [9.17, 15) is 8.42 Å². The van der Waals surface area contributed by atoms with Crippen molar-refractivity contribution in [2.45, 2.75) is 57.6 Å². The minimum absolute atomic E-state index is 0.0157. The topological polar surface area (TPSA) is 79.5 Å². The molecule has 0 radical (unpaired) electrons. The van der Waals surface area contributed by atoms with Gasteiger partial charge in [0, 0.05) is 12.1 Å². The summed E-state index contributed by atoms with van der Waals surface area (Å²) in [5.41, 5.74) is 0.